The van der Waals surface area contributed by atoms with Gasteiger partial charge in [-0.15, -0.1) is 0 Å². The minimum Gasteiger partial charge on any atom is -0.480 e. The van der Waals surface area contributed by atoms with Crippen LogP contribution in [-0.2, 0) is 14.3 Å². The van der Waals surface area contributed by atoms with Crippen LogP contribution in [0.3, 0.4) is 0 Å². The molecule has 0 spiro atoms. The number of carbonyl (C=O) groups is 3. The molecule has 7 heteroatoms. The van der Waals surface area contributed by atoms with Crippen LogP contribution in [0.4, 0.5) is 4.79 Å². The lowest BCUT2D eigenvalue weighted by molar-refractivity contribution is -0.169. The lowest BCUT2D eigenvalue weighted by Gasteiger charge is -2.51. The van der Waals surface area contributed by atoms with Crippen LogP contribution >= 0.6 is 0 Å². The van der Waals surface area contributed by atoms with E-state index in [9.17, 15) is 19.5 Å². The number of nitrogens with one attached hydrogen (secondary N) is 1. The number of rotatable bonds is 6. The molecular formula is C25H26N2O5. The molecule has 1 fully saturated rings. The zero-order valence-electron chi connectivity index (χ0n) is 18.1. The smallest absolute Gasteiger partial charge is 0.407 e. The molecule has 1 aliphatic carbocycles. The predicted molar refractivity (Wildman–Crippen MR) is 119 cm³/mol. The van der Waals surface area contributed by atoms with Gasteiger partial charge in [-0.05, 0) is 22.3 Å². The number of likely N-dealkylation sites (tertiary alicyclic amines) is 1. The summed E-state index contributed by atoms with van der Waals surface area (Å²) < 4.78 is 5.45. The van der Waals surface area contributed by atoms with Crippen molar-refractivity contribution in [3.63, 3.8) is 0 Å². The number of alkyl carbamates (subject to hydrolysis) is 1. The van der Waals surface area contributed by atoms with Crippen LogP contribution in [0.15, 0.2) is 60.7 Å². The van der Waals surface area contributed by atoms with Crippen molar-refractivity contribution in [2.75, 3.05) is 19.7 Å². The molecule has 0 bridgehead atoms. The highest BCUT2D eigenvalue weighted by molar-refractivity contribution is 5.93. The van der Waals surface area contributed by atoms with Crippen molar-refractivity contribution in [2.45, 2.75) is 25.8 Å². The van der Waals surface area contributed by atoms with Gasteiger partial charge in [-0.3, -0.25) is 4.79 Å². The minimum atomic E-state index is -1.01. The van der Waals surface area contributed by atoms with Gasteiger partial charge in [0.2, 0.25) is 5.91 Å². The van der Waals surface area contributed by atoms with Crippen LogP contribution in [0.25, 0.3) is 11.1 Å². The van der Waals surface area contributed by atoms with E-state index >= 15 is 0 Å². The zero-order chi connectivity index (χ0) is 22.9. The molecular weight excluding hydrogens is 408 g/mol. The molecule has 32 heavy (non-hydrogen) atoms. The lowest BCUT2D eigenvalue weighted by Crippen LogP contribution is -2.66. The first-order valence-electron chi connectivity index (χ1n) is 10.6. The topological polar surface area (TPSA) is 95.9 Å². The summed E-state index contributed by atoms with van der Waals surface area (Å²) in [4.78, 5) is 37.1. The number of carbonyl (C=O) groups excluding carboxylic acids is 2. The van der Waals surface area contributed by atoms with E-state index in [1.165, 1.54) is 17.1 Å². The molecule has 0 saturated carbocycles. The summed E-state index contributed by atoms with van der Waals surface area (Å²) in [6.07, 6.45) is 2.21. The predicted octanol–water partition coefficient (Wildman–Crippen LogP) is 3.40. The van der Waals surface area contributed by atoms with Gasteiger partial charge in [0.05, 0.1) is 0 Å². The van der Waals surface area contributed by atoms with Gasteiger partial charge in [0.15, 0.2) is 0 Å². The molecule has 2 amide bonds. The van der Waals surface area contributed by atoms with Gasteiger partial charge < -0.3 is 20.1 Å². The van der Waals surface area contributed by atoms with Crippen molar-refractivity contribution >= 4 is 18.0 Å². The minimum absolute atomic E-state index is 0.0204. The molecule has 1 unspecified atom stereocenters. The molecule has 1 saturated heterocycles. The molecule has 2 aliphatic rings. The van der Waals surface area contributed by atoms with Gasteiger partial charge in [-0.2, -0.15) is 0 Å². The van der Waals surface area contributed by atoms with E-state index in [0.717, 1.165) is 22.3 Å². The largest absolute Gasteiger partial charge is 0.480 e. The molecule has 2 aromatic carbocycles. The van der Waals surface area contributed by atoms with E-state index < -0.39 is 23.5 Å². The van der Waals surface area contributed by atoms with Crippen LogP contribution in [0.2, 0.25) is 0 Å². The number of nitrogens with zero attached hydrogens (tertiary/aromatic N) is 1. The number of carboxylic acid groups (broad SMARTS) is 1. The van der Waals surface area contributed by atoms with Crippen molar-refractivity contribution < 1.29 is 24.2 Å². The van der Waals surface area contributed by atoms with Crippen molar-refractivity contribution in [1.29, 1.82) is 0 Å². The second-order valence-corrected chi connectivity index (χ2v) is 8.80. The standard InChI is InChI=1S/C25H26N2O5/c1-25(2)15-27(22(25)23(29)30)21(28)12-7-13-26-24(31)32-14-20-18-10-5-3-8-16(18)17-9-4-6-11-19(17)20/h3-12,20,22H,13-15H2,1-2H3,(H,26,31)(H,29,30)/b12-7+. The lowest BCUT2D eigenvalue weighted by atomic mass is 9.75. The number of ether oxygens (including phenoxy) is 1. The van der Waals surface area contributed by atoms with Crippen LogP contribution in [0.5, 0.6) is 0 Å². The molecule has 166 valence electrons. The fraction of sp³-hybridized carbons (Fsp3) is 0.320. The third kappa shape index (κ3) is 3.98. The Labute approximate surface area is 186 Å². The Kier molecular flexibility index (Phi) is 5.74. The number of hydrogen-bond acceptors (Lipinski definition) is 4. The van der Waals surface area contributed by atoms with Gasteiger partial charge in [0, 0.05) is 30.5 Å². The molecule has 0 aromatic heterocycles. The Morgan fingerprint density at radius 1 is 1.09 bits per heavy atom. The van der Waals surface area contributed by atoms with E-state index in [-0.39, 0.29) is 25.0 Å². The maximum atomic E-state index is 12.2. The Morgan fingerprint density at radius 3 is 2.25 bits per heavy atom. The van der Waals surface area contributed by atoms with Crippen molar-refractivity contribution in [2.24, 2.45) is 5.41 Å². The number of amides is 2. The van der Waals surface area contributed by atoms with Crippen molar-refractivity contribution in [1.82, 2.24) is 10.2 Å². The van der Waals surface area contributed by atoms with E-state index in [1.54, 1.807) is 0 Å². The molecule has 2 N–H and O–H groups in total. The Morgan fingerprint density at radius 2 is 1.69 bits per heavy atom. The highest BCUT2D eigenvalue weighted by atomic mass is 16.5. The summed E-state index contributed by atoms with van der Waals surface area (Å²) in [6.45, 7) is 4.34. The van der Waals surface area contributed by atoms with Crippen LogP contribution in [0.1, 0.15) is 30.9 Å². The summed E-state index contributed by atoms with van der Waals surface area (Å²) >= 11 is 0. The van der Waals surface area contributed by atoms with E-state index in [0.29, 0.717) is 6.54 Å². The van der Waals surface area contributed by atoms with Crippen molar-refractivity contribution in [3.05, 3.63) is 71.8 Å². The molecule has 7 nitrogen and oxygen atoms in total. The third-order valence-corrected chi connectivity index (χ3v) is 6.12. The SMILES string of the molecule is CC1(C)CN(C(=O)/C=C/CNC(=O)OCC2c3ccccc3-c3ccccc32)C1C(=O)O. The maximum Gasteiger partial charge on any atom is 0.407 e. The highest BCUT2D eigenvalue weighted by Gasteiger charge is 2.51. The number of aliphatic carboxylic acids is 1. The number of benzene rings is 2. The summed E-state index contributed by atoms with van der Waals surface area (Å²) in [6, 6.07) is 15.4. The highest BCUT2D eigenvalue weighted by Crippen LogP contribution is 2.44. The first-order valence-corrected chi connectivity index (χ1v) is 10.6. The first-order chi connectivity index (χ1) is 15.3. The van der Waals surface area contributed by atoms with Crippen molar-refractivity contribution in [3.8, 4) is 11.1 Å². The van der Waals surface area contributed by atoms with E-state index in [4.69, 9.17) is 4.74 Å². The summed E-state index contributed by atoms with van der Waals surface area (Å²) in [7, 11) is 0. The Balaban J connectivity index is 1.28. The summed E-state index contributed by atoms with van der Waals surface area (Å²) in [5.74, 6) is -1.42. The number of hydrogen-bond donors (Lipinski definition) is 2. The molecule has 2 aromatic rings. The van der Waals surface area contributed by atoms with E-state index in [1.807, 2.05) is 38.1 Å². The average molecular weight is 434 g/mol. The quantitative estimate of drug-likeness (QED) is 0.680. The zero-order valence-corrected chi connectivity index (χ0v) is 18.1. The summed E-state index contributed by atoms with van der Waals surface area (Å²) in [5, 5.41) is 11.9. The molecule has 4 rings (SSSR count). The second-order valence-electron chi connectivity index (χ2n) is 8.80. The average Bonchev–Trinajstić information content (AvgIpc) is 3.07. The second kappa shape index (κ2) is 8.49. The van der Waals surface area contributed by atoms with Gasteiger partial charge in [-0.25, -0.2) is 9.59 Å². The van der Waals surface area contributed by atoms with Gasteiger partial charge >= 0.3 is 12.1 Å². The molecule has 1 heterocycles. The maximum absolute atomic E-state index is 12.2. The normalized spacial score (nSPS) is 18.6. The van der Waals surface area contributed by atoms with Gasteiger partial charge in [0.25, 0.3) is 0 Å². The Bertz CT molecular complexity index is 1050. The van der Waals surface area contributed by atoms with Gasteiger partial charge in [-0.1, -0.05) is 68.5 Å². The first kappa shape index (κ1) is 21.6. The Hall–Kier alpha value is -3.61. The fourth-order valence-corrected chi connectivity index (χ4v) is 4.65. The van der Waals surface area contributed by atoms with Crippen LogP contribution in [-0.4, -0.2) is 53.7 Å². The molecule has 1 atom stereocenters. The third-order valence-electron chi connectivity index (χ3n) is 6.12. The summed E-state index contributed by atoms with van der Waals surface area (Å²) in [5.41, 5.74) is 4.14. The number of fused-ring (bicyclic) bond motifs is 3. The van der Waals surface area contributed by atoms with Crippen LogP contribution < -0.4 is 5.32 Å². The molecule has 1 aliphatic heterocycles. The fourth-order valence-electron chi connectivity index (χ4n) is 4.65. The van der Waals surface area contributed by atoms with E-state index in [2.05, 4.69) is 29.6 Å². The van der Waals surface area contributed by atoms with Gasteiger partial charge in [0.1, 0.15) is 12.6 Å². The molecule has 0 radical (unpaired) electrons. The monoisotopic (exact) mass is 434 g/mol. The van der Waals surface area contributed by atoms with Crippen LogP contribution in [0, 0.1) is 5.41 Å². The number of carboxylic acids is 1.